The smallest absolute Gasteiger partial charge is 0.115 e. The van der Waals surface area contributed by atoms with Gasteiger partial charge in [-0.3, -0.25) is 0 Å². The summed E-state index contributed by atoms with van der Waals surface area (Å²) in [6, 6.07) is 11.8. The summed E-state index contributed by atoms with van der Waals surface area (Å²) in [4.78, 5) is 3.87. The Kier molecular flexibility index (Phi) is 4.61. The zero-order chi connectivity index (χ0) is 17.4. The fourth-order valence-electron chi connectivity index (χ4n) is 4.88. The average Bonchev–Trinajstić information content (AvgIpc) is 3.24. The average molecular weight is 358 g/mol. The molecule has 1 aromatic heterocycles. The van der Waals surface area contributed by atoms with Crippen molar-refractivity contribution in [1.82, 2.24) is 4.90 Å². The first kappa shape index (κ1) is 17.1. The molecule has 2 aliphatic rings. The molecule has 1 aromatic carbocycles. The molecular formula is C21H27NO2S. The number of hydrogen-bond donors (Lipinski definition) is 2. The number of nitrogens with zero attached hydrogens (tertiary/aromatic N) is 1. The molecule has 0 spiro atoms. The van der Waals surface area contributed by atoms with Gasteiger partial charge < -0.3 is 15.1 Å². The Morgan fingerprint density at radius 3 is 2.44 bits per heavy atom. The van der Waals surface area contributed by atoms with E-state index in [2.05, 4.69) is 29.3 Å². The number of phenolic OH excluding ortho intramolecular Hbond substituents is 1. The van der Waals surface area contributed by atoms with Crippen molar-refractivity contribution in [3.05, 3.63) is 52.2 Å². The van der Waals surface area contributed by atoms with Crippen molar-refractivity contribution in [2.45, 2.75) is 37.7 Å². The predicted octanol–water partition coefficient (Wildman–Crippen LogP) is 3.87. The summed E-state index contributed by atoms with van der Waals surface area (Å²) >= 11 is 1.76. The lowest BCUT2D eigenvalue weighted by Crippen LogP contribution is -2.33. The van der Waals surface area contributed by atoms with Gasteiger partial charge in [-0.2, -0.15) is 0 Å². The zero-order valence-electron chi connectivity index (χ0n) is 14.8. The minimum absolute atomic E-state index is 0.330. The first-order chi connectivity index (χ1) is 12.0. The summed E-state index contributed by atoms with van der Waals surface area (Å²) in [6.07, 6.45) is 2.71. The van der Waals surface area contributed by atoms with Gasteiger partial charge in [0.15, 0.2) is 0 Å². The molecule has 0 bridgehead atoms. The van der Waals surface area contributed by atoms with Gasteiger partial charge in [0.25, 0.3) is 0 Å². The minimum atomic E-state index is -0.491. The lowest BCUT2D eigenvalue weighted by Gasteiger charge is -2.27. The standard InChI is InChI=1S/C21H27NO2S/c1-15(16-4-6-19(23)7-5-16)12-22-13-17-9-21(24,10-18(17)14-22)11-20-3-2-8-25-20/h2-8,15,17-18,23-24H,9-14H2,1H3/t15?,17-,18+,21?. The van der Waals surface area contributed by atoms with Gasteiger partial charge in [0.2, 0.25) is 0 Å². The van der Waals surface area contributed by atoms with E-state index >= 15 is 0 Å². The summed E-state index contributed by atoms with van der Waals surface area (Å²) < 4.78 is 0. The molecule has 2 heterocycles. The quantitative estimate of drug-likeness (QED) is 0.854. The molecule has 4 rings (SSSR count). The second-order valence-electron chi connectivity index (χ2n) is 8.12. The number of rotatable bonds is 5. The third-order valence-electron chi connectivity index (χ3n) is 6.01. The van der Waals surface area contributed by atoms with E-state index in [4.69, 9.17) is 0 Å². The Morgan fingerprint density at radius 1 is 1.16 bits per heavy atom. The highest BCUT2D eigenvalue weighted by Crippen LogP contribution is 2.46. The van der Waals surface area contributed by atoms with Crippen LogP contribution in [0.5, 0.6) is 5.75 Å². The van der Waals surface area contributed by atoms with Crippen LogP contribution in [-0.2, 0) is 6.42 Å². The van der Waals surface area contributed by atoms with Gasteiger partial charge in [-0.05, 0) is 59.7 Å². The van der Waals surface area contributed by atoms with Gasteiger partial charge in [-0.15, -0.1) is 11.3 Å². The molecule has 0 amide bonds. The van der Waals surface area contributed by atoms with Crippen LogP contribution in [-0.4, -0.2) is 40.3 Å². The summed E-state index contributed by atoms with van der Waals surface area (Å²) in [7, 11) is 0. The van der Waals surface area contributed by atoms with Crippen molar-refractivity contribution in [3.8, 4) is 5.75 Å². The molecule has 4 heteroatoms. The number of thiophene rings is 1. The van der Waals surface area contributed by atoms with Crippen molar-refractivity contribution in [3.63, 3.8) is 0 Å². The van der Waals surface area contributed by atoms with Crippen LogP contribution in [0, 0.1) is 11.8 Å². The SMILES string of the molecule is CC(CN1C[C@@H]2CC(O)(Cc3cccs3)C[C@@H]2C1)c1ccc(O)cc1. The Labute approximate surface area is 153 Å². The summed E-state index contributed by atoms with van der Waals surface area (Å²) in [5.74, 6) is 2.06. The number of likely N-dealkylation sites (tertiary alicyclic amines) is 1. The van der Waals surface area contributed by atoms with Gasteiger partial charge in [0, 0.05) is 30.9 Å². The van der Waals surface area contributed by atoms with Crippen LogP contribution in [0.1, 0.15) is 36.1 Å². The van der Waals surface area contributed by atoms with E-state index in [-0.39, 0.29) is 0 Å². The van der Waals surface area contributed by atoms with E-state index in [1.807, 2.05) is 12.1 Å². The zero-order valence-corrected chi connectivity index (χ0v) is 15.6. The Bertz CT molecular complexity index is 683. The van der Waals surface area contributed by atoms with Crippen LogP contribution in [0.4, 0.5) is 0 Å². The van der Waals surface area contributed by atoms with Crippen molar-refractivity contribution in [1.29, 1.82) is 0 Å². The molecule has 25 heavy (non-hydrogen) atoms. The van der Waals surface area contributed by atoms with Crippen LogP contribution in [0.2, 0.25) is 0 Å². The first-order valence-corrected chi connectivity index (χ1v) is 10.1. The topological polar surface area (TPSA) is 43.7 Å². The first-order valence-electron chi connectivity index (χ1n) is 9.27. The molecule has 1 aliphatic carbocycles. The Hall–Kier alpha value is -1.36. The molecule has 4 atom stereocenters. The number of benzene rings is 1. The summed E-state index contributed by atoms with van der Waals surface area (Å²) in [5, 5.41) is 22.5. The maximum atomic E-state index is 11.0. The molecule has 2 fully saturated rings. The number of hydrogen-bond acceptors (Lipinski definition) is 4. The molecule has 2 unspecified atom stereocenters. The highest BCUT2D eigenvalue weighted by atomic mass is 32.1. The van der Waals surface area contributed by atoms with E-state index in [0.717, 1.165) is 38.9 Å². The Balaban J connectivity index is 1.32. The molecule has 1 saturated carbocycles. The maximum absolute atomic E-state index is 11.0. The van der Waals surface area contributed by atoms with Crippen molar-refractivity contribution in [2.75, 3.05) is 19.6 Å². The maximum Gasteiger partial charge on any atom is 0.115 e. The molecule has 1 aliphatic heterocycles. The van der Waals surface area contributed by atoms with Crippen LogP contribution >= 0.6 is 11.3 Å². The fraction of sp³-hybridized carbons (Fsp3) is 0.524. The van der Waals surface area contributed by atoms with Crippen molar-refractivity contribution >= 4 is 11.3 Å². The van der Waals surface area contributed by atoms with Crippen molar-refractivity contribution in [2.24, 2.45) is 11.8 Å². The second kappa shape index (κ2) is 6.75. The molecule has 3 nitrogen and oxygen atoms in total. The largest absolute Gasteiger partial charge is 0.508 e. The van der Waals surface area contributed by atoms with E-state index in [0.29, 0.717) is 23.5 Å². The molecule has 1 saturated heterocycles. The normalized spacial score (nSPS) is 30.5. The highest BCUT2D eigenvalue weighted by molar-refractivity contribution is 7.09. The lowest BCUT2D eigenvalue weighted by molar-refractivity contribution is 0.0360. The van der Waals surface area contributed by atoms with Crippen LogP contribution in [0.25, 0.3) is 0 Å². The van der Waals surface area contributed by atoms with Gasteiger partial charge in [0.05, 0.1) is 5.60 Å². The number of aromatic hydroxyl groups is 1. The third kappa shape index (κ3) is 3.76. The van der Waals surface area contributed by atoms with Crippen LogP contribution < -0.4 is 0 Å². The van der Waals surface area contributed by atoms with Gasteiger partial charge in [-0.1, -0.05) is 25.1 Å². The molecule has 0 radical (unpaired) electrons. The van der Waals surface area contributed by atoms with E-state index in [1.165, 1.54) is 10.4 Å². The Morgan fingerprint density at radius 2 is 1.84 bits per heavy atom. The predicted molar refractivity (Wildman–Crippen MR) is 102 cm³/mol. The van der Waals surface area contributed by atoms with Gasteiger partial charge in [0.1, 0.15) is 5.75 Å². The highest BCUT2D eigenvalue weighted by Gasteiger charge is 2.48. The monoisotopic (exact) mass is 357 g/mol. The van der Waals surface area contributed by atoms with Gasteiger partial charge >= 0.3 is 0 Å². The number of fused-ring (bicyclic) bond motifs is 1. The van der Waals surface area contributed by atoms with Gasteiger partial charge in [-0.25, -0.2) is 0 Å². The van der Waals surface area contributed by atoms with Crippen LogP contribution in [0.15, 0.2) is 41.8 Å². The second-order valence-corrected chi connectivity index (χ2v) is 9.15. The number of phenols is 1. The van der Waals surface area contributed by atoms with E-state index in [9.17, 15) is 10.2 Å². The molecular weight excluding hydrogens is 330 g/mol. The van der Waals surface area contributed by atoms with Crippen molar-refractivity contribution < 1.29 is 10.2 Å². The van der Waals surface area contributed by atoms with Crippen LogP contribution in [0.3, 0.4) is 0 Å². The lowest BCUT2D eigenvalue weighted by atomic mass is 9.94. The summed E-state index contributed by atoms with van der Waals surface area (Å²) in [5.41, 5.74) is 0.790. The fourth-order valence-corrected chi connectivity index (χ4v) is 5.73. The molecule has 134 valence electrons. The summed E-state index contributed by atoms with van der Waals surface area (Å²) in [6.45, 7) is 5.54. The number of aliphatic hydroxyl groups is 1. The third-order valence-corrected chi connectivity index (χ3v) is 6.89. The minimum Gasteiger partial charge on any atom is -0.508 e. The molecule has 2 aromatic rings. The van der Waals surface area contributed by atoms with E-state index in [1.54, 1.807) is 23.5 Å². The molecule has 2 N–H and O–H groups in total. The van der Waals surface area contributed by atoms with E-state index < -0.39 is 5.60 Å².